The van der Waals surface area contributed by atoms with Gasteiger partial charge < -0.3 is 20.5 Å². The average molecular weight is 468 g/mol. The lowest BCUT2D eigenvalue weighted by atomic mass is 9.87. The monoisotopic (exact) mass is 466 g/mol. The molecule has 0 fully saturated rings. The maximum absolute atomic E-state index is 6.62. The molecule has 1 aliphatic rings. The minimum absolute atomic E-state index is 0.191. The molecule has 0 amide bonds. The van der Waals surface area contributed by atoms with Crippen molar-refractivity contribution in [1.82, 2.24) is 5.32 Å². The summed E-state index contributed by atoms with van der Waals surface area (Å²) in [5, 5.41) is 5.21. The average Bonchev–Trinajstić information content (AvgIpc) is 2.91. The Bertz CT molecular complexity index is 783. The minimum Gasteiger partial charge on any atom is -0.494 e. The number of hydrogen-bond donors (Lipinski definition) is 2. The van der Waals surface area contributed by atoms with Gasteiger partial charge in [0.05, 0.1) is 24.4 Å². The first-order valence-electron chi connectivity index (χ1n) is 9.80. The minimum atomic E-state index is 0.191. The van der Waals surface area contributed by atoms with E-state index >= 15 is 0 Å². The fourth-order valence-corrected chi connectivity index (χ4v) is 4.50. The van der Waals surface area contributed by atoms with E-state index in [-0.39, 0.29) is 5.92 Å². The van der Waals surface area contributed by atoms with E-state index < -0.39 is 0 Å². The SMILES string of the molecule is COc1c(N)cc2c(c1Cl)CCNC[C@@H]2c1ccc(OCCCCCBr)cc1. The van der Waals surface area contributed by atoms with E-state index in [9.17, 15) is 0 Å². The summed E-state index contributed by atoms with van der Waals surface area (Å²) in [6.45, 7) is 2.49. The molecule has 1 atom stereocenters. The summed E-state index contributed by atoms with van der Waals surface area (Å²) in [5.74, 6) is 1.68. The molecule has 0 radical (unpaired) electrons. The number of anilines is 1. The van der Waals surface area contributed by atoms with E-state index in [0.717, 1.165) is 49.2 Å². The van der Waals surface area contributed by atoms with Crippen LogP contribution in [0.4, 0.5) is 5.69 Å². The van der Waals surface area contributed by atoms with Crippen LogP contribution in [-0.4, -0.2) is 32.1 Å². The van der Waals surface area contributed by atoms with Gasteiger partial charge in [-0.3, -0.25) is 0 Å². The molecule has 28 heavy (non-hydrogen) atoms. The Labute approximate surface area is 180 Å². The van der Waals surface area contributed by atoms with Crippen molar-refractivity contribution in [1.29, 1.82) is 0 Å². The van der Waals surface area contributed by atoms with Gasteiger partial charge in [0.15, 0.2) is 5.75 Å². The number of rotatable bonds is 8. The summed E-state index contributed by atoms with van der Waals surface area (Å²) in [5.41, 5.74) is 10.3. The molecular weight excluding hydrogens is 440 g/mol. The van der Waals surface area contributed by atoms with Gasteiger partial charge in [0.2, 0.25) is 0 Å². The number of alkyl halides is 1. The van der Waals surface area contributed by atoms with Crippen LogP contribution in [0.15, 0.2) is 30.3 Å². The third-order valence-corrected chi connectivity index (χ3v) is 6.16. The Kier molecular flexibility index (Phi) is 7.89. The van der Waals surface area contributed by atoms with Gasteiger partial charge in [0.25, 0.3) is 0 Å². The summed E-state index contributed by atoms with van der Waals surface area (Å²) in [6.07, 6.45) is 4.30. The largest absolute Gasteiger partial charge is 0.494 e. The summed E-state index contributed by atoms with van der Waals surface area (Å²) in [6, 6.07) is 10.4. The zero-order chi connectivity index (χ0) is 19.9. The Balaban J connectivity index is 1.79. The molecule has 1 heterocycles. The topological polar surface area (TPSA) is 56.5 Å². The van der Waals surface area contributed by atoms with E-state index in [0.29, 0.717) is 16.5 Å². The molecule has 4 nitrogen and oxygen atoms in total. The zero-order valence-electron chi connectivity index (χ0n) is 16.3. The first-order valence-corrected chi connectivity index (χ1v) is 11.3. The molecule has 0 aromatic heterocycles. The second-order valence-electron chi connectivity index (χ2n) is 7.05. The third kappa shape index (κ3) is 4.94. The van der Waals surface area contributed by atoms with E-state index in [2.05, 4.69) is 45.5 Å². The number of nitrogens with one attached hydrogen (secondary N) is 1. The molecule has 2 aromatic rings. The molecular formula is C22H28BrClN2O2. The van der Waals surface area contributed by atoms with Crippen molar-refractivity contribution in [2.24, 2.45) is 0 Å². The van der Waals surface area contributed by atoms with Crippen molar-refractivity contribution >= 4 is 33.2 Å². The van der Waals surface area contributed by atoms with Crippen LogP contribution in [0.5, 0.6) is 11.5 Å². The van der Waals surface area contributed by atoms with Crippen LogP contribution in [-0.2, 0) is 6.42 Å². The third-order valence-electron chi connectivity index (χ3n) is 5.19. The highest BCUT2D eigenvalue weighted by molar-refractivity contribution is 9.09. The van der Waals surface area contributed by atoms with E-state index in [4.69, 9.17) is 26.8 Å². The molecule has 2 aromatic carbocycles. The standard InChI is InChI=1S/C22H28BrClN2O2/c1-27-22-20(25)13-18-17(21(22)24)9-11-26-14-19(18)15-5-7-16(8-6-15)28-12-4-2-3-10-23/h5-8,13,19,26H,2-4,9-12,14,25H2,1H3/t19-/m1/s1. The normalized spacial score (nSPS) is 16.3. The lowest BCUT2D eigenvalue weighted by Gasteiger charge is -2.21. The molecule has 0 unspecified atom stereocenters. The van der Waals surface area contributed by atoms with Gasteiger partial charge in [-0.05, 0) is 67.1 Å². The molecule has 3 N–H and O–H groups in total. The summed E-state index contributed by atoms with van der Waals surface area (Å²) < 4.78 is 11.3. The Morgan fingerprint density at radius 3 is 2.71 bits per heavy atom. The number of benzene rings is 2. The summed E-state index contributed by atoms with van der Waals surface area (Å²) in [7, 11) is 1.61. The highest BCUT2D eigenvalue weighted by Crippen LogP contribution is 2.41. The zero-order valence-corrected chi connectivity index (χ0v) is 18.6. The second-order valence-corrected chi connectivity index (χ2v) is 8.23. The Morgan fingerprint density at radius 2 is 2.00 bits per heavy atom. The van der Waals surface area contributed by atoms with Crippen molar-refractivity contribution in [2.75, 3.05) is 37.9 Å². The molecule has 0 saturated heterocycles. The van der Waals surface area contributed by atoms with Crippen LogP contribution in [0, 0.1) is 0 Å². The van der Waals surface area contributed by atoms with Gasteiger partial charge in [-0.2, -0.15) is 0 Å². The van der Waals surface area contributed by atoms with Crippen LogP contribution in [0.3, 0.4) is 0 Å². The fraction of sp³-hybridized carbons (Fsp3) is 0.455. The van der Waals surface area contributed by atoms with Crippen LogP contribution in [0.1, 0.15) is 41.9 Å². The molecule has 3 rings (SSSR count). The number of fused-ring (bicyclic) bond motifs is 1. The van der Waals surface area contributed by atoms with E-state index in [1.54, 1.807) is 7.11 Å². The number of nitrogens with two attached hydrogens (primary N) is 1. The Morgan fingerprint density at radius 1 is 1.21 bits per heavy atom. The van der Waals surface area contributed by atoms with Gasteiger partial charge in [-0.1, -0.05) is 39.7 Å². The number of ether oxygens (including phenoxy) is 2. The Hall–Kier alpha value is -1.43. The quantitative estimate of drug-likeness (QED) is 0.320. The van der Waals surface area contributed by atoms with Crippen molar-refractivity contribution in [3.8, 4) is 11.5 Å². The van der Waals surface area contributed by atoms with E-state index in [1.165, 1.54) is 24.0 Å². The smallest absolute Gasteiger partial charge is 0.160 e. The second kappa shape index (κ2) is 10.4. The molecule has 0 aliphatic carbocycles. The van der Waals surface area contributed by atoms with Crippen LogP contribution >= 0.6 is 27.5 Å². The van der Waals surface area contributed by atoms with Crippen LogP contribution in [0.25, 0.3) is 0 Å². The lowest BCUT2D eigenvalue weighted by Crippen LogP contribution is -2.20. The van der Waals surface area contributed by atoms with Gasteiger partial charge in [0, 0.05) is 17.8 Å². The molecule has 0 saturated carbocycles. The van der Waals surface area contributed by atoms with Crippen molar-refractivity contribution in [2.45, 2.75) is 31.6 Å². The summed E-state index contributed by atoms with van der Waals surface area (Å²) in [4.78, 5) is 0. The highest BCUT2D eigenvalue weighted by atomic mass is 79.9. The maximum Gasteiger partial charge on any atom is 0.160 e. The molecule has 152 valence electrons. The van der Waals surface area contributed by atoms with Crippen molar-refractivity contribution < 1.29 is 9.47 Å². The molecule has 0 bridgehead atoms. The number of halogens is 2. The number of hydrogen-bond acceptors (Lipinski definition) is 4. The van der Waals surface area contributed by atoms with Gasteiger partial charge in [0.1, 0.15) is 5.75 Å². The predicted octanol–water partition coefficient (Wildman–Crippen LogP) is 5.15. The predicted molar refractivity (Wildman–Crippen MR) is 120 cm³/mol. The molecule has 1 aliphatic heterocycles. The van der Waals surface area contributed by atoms with Gasteiger partial charge >= 0.3 is 0 Å². The van der Waals surface area contributed by atoms with Gasteiger partial charge in [-0.15, -0.1) is 0 Å². The lowest BCUT2D eigenvalue weighted by molar-refractivity contribution is 0.306. The molecule has 0 spiro atoms. The summed E-state index contributed by atoms with van der Waals surface area (Å²) >= 11 is 10.1. The van der Waals surface area contributed by atoms with Crippen molar-refractivity contribution in [3.63, 3.8) is 0 Å². The number of unbranched alkanes of at least 4 members (excludes halogenated alkanes) is 2. The highest BCUT2D eigenvalue weighted by Gasteiger charge is 2.25. The van der Waals surface area contributed by atoms with Crippen molar-refractivity contribution in [3.05, 3.63) is 52.0 Å². The maximum atomic E-state index is 6.62. The first kappa shape index (κ1) is 21.3. The molecule has 6 heteroatoms. The number of methoxy groups -OCH3 is 1. The van der Waals surface area contributed by atoms with Gasteiger partial charge in [-0.25, -0.2) is 0 Å². The van der Waals surface area contributed by atoms with E-state index in [1.807, 2.05) is 6.07 Å². The number of nitrogen functional groups attached to an aromatic ring is 1. The fourth-order valence-electron chi connectivity index (χ4n) is 3.71. The van der Waals surface area contributed by atoms with Crippen LogP contribution in [0.2, 0.25) is 5.02 Å². The first-order chi connectivity index (χ1) is 13.7. The van der Waals surface area contributed by atoms with Crippen LogP contribution < -0.4 is 20.5 Å².